The first kappa shape index (κ1) is 20.6. The molecule has 1 fully saturated rings. The zero-order valence-electron chi connectivity index (χ0n) is 18.3. The second-order valence-corrected chi connectivity index (χ2v) is 8.17. The Balaban J connectivity index is 1.55. The predicted molar refractivity (Wildman–Crippen MR) is 120 cm³/mol. The van der Waals surface area contributed by atoms with Crippen LogP contribution < -0.4 is 5.32 Å². The molecule has 0 atom stereocenters. The van der Waals surface area contributed by atoms with E-state index < -0.39 is 0 Å². The molecule has 1 N–H and O–H groups in total. The monoisotopic (exact) mass is 435 g/mol. The highest BCUT2D eigenvalue weighted by Gasteiger charge is 2.19. The van der Waals surface area contributed by atoms with E-state index in [2.05, 4.69) is 15.2 Å². The largest absolute Gasteiger partial charge is 0.379 e. The molecular weight excluding hydrogens is 409 g/mol. The van der Waals surface area contributed by atoms with Gasteiger partial charge in [-0.05, 0) is 24.6 Å². The van der Waals surface area contributed by atoms with Crippen molar-refractivity contribution in [3.05, 3.63) is 71.2 Å². The van der Waals surface area contributed by atoms with Gasteiger partial charge in [-0.2, -0.15) is 5.10 Å². The van der Waals surface area contributed by atoms with Gasteiger partial charge in [0, 0.05) is 50.9 Å². The number of nitrogens with zero attached hydrogens (tertiary/aromatic N) is 6. The van der Waals surface area contributed by atoms with E-state index in [1.165, 1.54) is 12.1 Å². The van der Waals surface area contributed by atoms with Crippen LogP contribution in [0.4, 0.5) is 16.0 Å². The molecule has 0 unspecified atom stereocenters. The maximum atomic E-state index is 13.4. The zero-order chi connectivity index (χ0) is 22.1. The summed E-state index contributed by atoms with van der Waals surface area (Å²) in [6.07, 6.45) is 4.29. The second-order valence-electron chi connectivity index (χ2n) is 8.17. The van der Waals surface area contributed by atoms with Crippen LogP contribution in [-0.4, -0.2) is 55.4 Å². The van der Waals surface area contributed by atoms with Gasteiger partial charge >= 0.3 is 0 Å². The Morgan fingerprint density at radius 3 is 2.62 bits per heavy atom. The summed E-state index contributed by atoms with van der Waals surface area (Å²) in [5.41, 5.74) is 4.81. The normalized spacial score (nSPS) is 14.8. The minimum Gasteiger partial charge on any atom is -0.379 e. The smallest absolute Gasteiger partial charge is 0.161 e. The predicted octanol–water partition coefficient (Wildman–Crippen LogP) is 3.08. The molecule has 0 radical (unpaired) electrons. The number of halogens is 1. The number of anilines is 2. The molecule has 0 bridgehead atoms. The lowest BCUT2D eigenvalue weighted by Gasteiger charge is -2.26. The number of benzene rings is 1. The first-order valence-corrected chi connectivity index (χ1v) is 10.7. The van der Waals surface area contributed by atoms with Crippen LogP contribution in [0.25, 0.3) is 5.65 Å². The van der Waals surface area contributed by atoms with E-state index in [0.717, 1.165) is 72.6 Å². The molecule has 4 heterocycles. The molecule has 5 rings (SSSR count). The molecule has 0 amide bonds. The van der Waals surface area contributed by atoms with Crippen molar-refractivity contribution in [2.24, 2.45) is 7.05 Å². The summed E-state index contributed by atoms with van der Waals surface area (Å²) in [6, 6.07) is 8.63. The molecule has 32 heavy (non-hydrogen) atoms. The summed E-state index contributed by atoms with van der Waals surface area (Å²) < 4.78 is 22.7. The van der Waals surface area contributed by atoms with Crippen molar-refractivity contribution in [1.82, 2.24) is 29.0 Å². The number of morpholine rings is 1. The fourth-order valence-corrected chi connectivity index (χ4v) is 4.01. The highest BCUT2D eigenvalue weighted by Crippen LogP contribution is 2.24. The fourth-order valence-electron chi connectivity index (χ4n) is 4.01. The number of imidazole rings is 1. The minimum atomic E-state index is -0.238. The molecular formula is C23H26FN7O. The first-order chi connectivity index (χ1) is 15.5. The Bertz CT molecular complexity index is 1230. The number of rotatable bonds is 6. The van der Waals surface area contributed by atoms with E-state index in [9.17, 15) is 4.39 Å². The van der Waals surface area contributed by atoms with Gasteiger partial charge in [0.1, 0.15) is 17.5 Å². The first-order valence-electron chi connectivity index (χ1n) is 10.7. The van der Waals surface area contributed by atoms with Gasteiger partial charge in [-0.3, -0.25) is 4.90 Å². The Labute approximate surface area is 185 Å². The molecule has 9 heteroatoms. The third-order valence-corrected chi connectivity index (χ3v) is 5.70. The SMILES string of the molecule is Cc1nn2c(CN3CCOCC3)cc(Nc3cn(C)cn3)nc2c1Cc1ccc(F)cc1. The number of ether oxygens (including phenoxy) is 1. The zero-order valence-corrected chi connectivity index (χ0v) is 18.3. The number of aromatic nitrogens is 5. The van der Waals surface area contributed by atoms with Gasteiger partial charge in [0.15, 0.2) is 5.65 Å². The van der Waals surface area contributed by atoms with Crippen LogP contribution >= 0.6 is 0 Å². The van der Waals surface area contributed by atoms with Crippen LogP contribution in [0.15, 0.2) is 42.9 Å². The molecule has 8 nitrogen and oxygen atoms in total. The summed E-state index contributed by atoms with van der Waals surface area (Å²) >= 11 is 0. The Hall–Kier alpha value is -3.30. The molecule has 0 spiro atoms. The lowest BCUT2D eigenvalue weighted by atomic mass is 10.1. The quantitative estimate of drug-likeness (QED) is 0.502. The molecule has 1 saturated heterocycles. The second kappa shape index (κ2) is 8.68. The van der Waals surface area contributed by atoms with Crippen molar-refractivity contribution in [3.63, 3.8) is 0 Å². The van der Waals surface area contributed by atoms with Crippen molar-refractivity contribution in [2.75, 3.05) is 31.6 Å². The van der Waals surface area contributed by atoms with E-state index in [1.54, 1.807) is 6.33 Å². The van der Waals surface area contributed by atoms with E-state index in [0.29, 0.717) is 6.42 Å². The van der Waals surface area contributed by atoms with Gasteiger partial charge in [-0.1, -0.05) is 12.1 Å². The maximum absolute atomic E-state index is 13.4. The number of aryl methyl sites for hydroxylation is 2. The van der Waals surface area contributed by atoms with Crippen LogP contribution in [0.3, 0.4) is 0 Å². The van der Waals surface area contributed by atoms with Crippen molar-refractivity contribution >= 4 is 17.3 Å². The third-order valence-electron chi connectivity index (χ3n) is 5.70. The highest BCUT2D eigenvalue weighted by atomic mass is 19.1. The van der Waals surface area contributed by atoms with Gasteiger partial charge in [-0.25, -0.2) is 18.9 Å². The van der Waals surface area contributed by atoms with Gasteiger partial charge in [0.05, 0.1) is 30.9 Å². The molecule has 166 valence electrons. The third kappa shape index (κ3) is 4.35. The summed E-state index contributed by atoms with van der Waals surface area (Å²) in [6.45, 7) is 5.99. The van der Waals surface area contributed by atoms with E-state index in [4.69, 9.17) is 14.8 Å². The Kier molecular flexibility index (Phi) is 5.59. The number of hydrogen-bond acceptors (Lipinski definition) is 6. The van der Waals surface area contributed by atoms with Gasteiger partial charge in [-0.15, -0.1) is 0 Å². The summed E-state index contributed by atoms with van der Waals surface area (Å²) in [5.74, 6) is 1.22. The average molecular weight is 436 g/mol. The molecule has 1 aliphatic heterocycles. The van der Waals surface area contributed by atoms with E-state index in [1.807, 2.05) is 47.4 Å². The molecule has 0 aliphatic carbocycles. The topological polar surface area (TPSA) is 72.5 Å². The summed E-state index contributed by atoms with van der Waals surface area (Å²) in [5, 5.41) is 8.14. The van der Waals surface area contributed by atoms with E-state index in [-0.39, 0.29) is 5.82 Å². The van der Waals surface area contributed by atoms with Crippen LogP contribution in [0.1, 0.15) is 22.5 Å². The number of hydrogen-bond donors (Lipinski definition) is 1. The number of nitrogens with one attached hydrogen (secondary N) is 1. The lowest BCUT2D eigenvalue weighted by Crippen LogP contribution is -2.36. The molecule has 4 aromatic rings. The Morgan fingerprint density at radius 1 is 1.12 bits per heavy atom. The van der Waals surface area contributed by atoms with Crippen LogP contribution in [0.2, 0.25) is 0 Å². The lowest BCUT2D eigenvalue weighted by molar-refractivity contribution is 0.0334. The van der Waals surface area contributed by atoms with Gasteiger partial charge in [0.2, 0.25) is 0 Å². The molecule has 3 aromatic heterocycles. The number of fused-ring (bicyclic) bond motifs is 1. The van der Waals surface area contributed by atoms with Crippen molar-refractivity contribution in [1.29, 1.82) is 0 Å². The van der Waals surface area contributed by atoms with Crippen molar-refractivity contribution < 1.29 is 9.13 Å². The summed E-state index contributed by atoms with van der Waals surface area (Å²) in [4.78, 5) is 11.6. The van der Waals surface area contributed by atoms with Gasteiger partial charge in [0.25, 0.3) is 0 Å². The van der Waals surface area contributed by atoms with Crippen LogP contribution in [-0.2, 0) is 24.8 Å². The van der Waals surface area contributed by atoms with E-state index >= 15 is 0 Å². The van der Waals surface area contributed by atoms with Crippen LogP contribution in [0, 0.1) is 12.7 Å². The molecule has 1 aromatic carbocycles. The molecule has 0 saturated carbocycles. The van der Waals surface area contributed by atoms with Crippen molar-refractivity contribution in [2.45, 2.75) is 19.9 Å². The summed E-state index contributed by atoms with van der Waals surface area (Å²) in [7, 11) is 1.93. The standard InChI is InChI=1S/C23H26FN7O/c1-16-20(11-17-3-5-18(24)6-4-17)23-27-21(26-22-14-29(2)15-25-22)12-19(31(23)28-16)13-30-7-9-32-10-8-30/h3-6,12,14-15H,7-11,13H2,1-2H3,(H,26,27). The van der Waals surface area contributed by atoms with Crippen LogP contribution in [0.5, 0.6) is 0 Å². The average Bonchev–Trinajstić information content (AvgIpc) is 3.33. The minimum absolute atomic E-state index is 0.238. The fraction of sp³-hybridized carbons (Fsp3) is 0.348. The van der Waals surface area contributed by atoms with Crippen molar-refractivity contribution in [3.8, 4) is 0 Å². The molecule has 1 aliphatic rings. The highest BCUT2D eigenvalue weighted by molar-refractivity contribution is 5.60. The van der Waals surface area contributed by atoms with Gasteiger partial charge < -0.3 is 14.6 Å². The maximum Gasteiger partial charge on any atom is 0.161 e. The Morgan fingerprint density at radius 2 is 1.91 bits per heavy atom.